The van der Waals surface area contributed by atoms with Gasteiger partial charge in [0.25, 0.3) is 0 Å². The van der Waals surface area contributed by atoms with E-state index >= 15 is 0 Å². The molecule has 0 spiro atoms. The first-order valence-electron chi connectivity index (χ1n) is 6.95. The predicted octanol–water partition coefficient (Wildman–Crippen LogP) is 2.74. The number of aliphatic hydroxyl groups excluding tert-OH is 1. The zero-order valence-electron chi connectivity index (χ0n) is 12.2. The molecule has 0 radical (unpaired) electrons. The molecular formula is C14H15NO4S4. The number of hydrogen-bond donors (Lipinski definition) is 2. The summed E-state index contributed by atoms with van der Waals surface area (Å²) in [6, 6.07) is 4.06. The highest BCUT2D eigenvalue weighted by atomic mass is 32.2. The molecule has 3 rings (SSSR count). The highest BCUT2D eigenvalue weighted by molar-refractivity contribution is 8.23. The Morgan fingerprint density at radius 1 is 1.43 bits per heavy atom. The number of carbonyl (C=O) groups excluding carboxylic acids is 1. The molecule has 23 heavy (non-hydrogen) atoms. The fraction of sp³-hybridized carbons (Fsp3) is 0.429. The minimum atomic E-state index is -1.08. The van der Waals surface area contributed by atoms with E-state index in [0.29, 0.717) is 4.24 Å². The van der Waals surface area contributed by atoms with Crippen LogP contribution in [0.15, 0.2) is 31.7 Å². The van der Waals surface area contributed by atoms with Gasteiger partial charge >= 0.3 is 5.97 Å². The summed E-state index contributed by atoms with van der Waals surface area (Å²) in [5, 5.41) is 20.8. The van der Waals surface area contributed by atoms with Crippen LogP contribution in [0.3, 0.4) is 0 Å². The number of thiophene rings is 1. The van der Waals surface area contributed by atoms with Crippen molar-refractivity contribution in [2.45, 2.75) is 22.6 Å². The standard InChI is InChI=1S/C14H15NO4S4/c1-7(16)9-11(17)15-10(13(18)19)14(23-12(9)15)22-6-5-21-8-3-2-4-20-8/h2-4,7,9,12,16H,5-6H2,1H3,(H,18,19)/t7?,9-,12+/m0/s1. The molecule has 2 aliphatic heterocycles. The van der Waals surface area contributed by atoms with Gasteiger partial charge < -0.3 is 10.2 Å². The highest BCUT2D eigenvalue weighted by Gasteiger charge is 2.57. The molecule has 1 aromatic rings. The quantitative estimate of drug-likeness (QED) is 0.422. The third-order valence-corrected chi connectivity index (χ3v) is 8.57. The van der Waals surface area contributed by atoms with E-state index < -0.39 is 18.0 Å². The molecule has 5 nitrogen and oxygen atoms in total. The van der Waals surface area contributed by atoms with Crippen LogP contribution in [-0.2, 0) is 9.59 Å². The highest BCUT2D eigenvalue weighted by Crippen LogP contribution is 2.53. The van der Waals surface area contributed by atoms with Crippen LogP contribution in [0.5, 0.6) is 0 Å². The Morgan fingerprint density at radius 3 is 2.78 bits per heavy atom. The lowest BCUT2D eigenvalue weighted by Crippen LogP contribution is -2.60. The Labute approximate surface area is 150 Å². The Hall–Kier alpha value is -0.610. The van der Waals surface area contributed by atoms with Gasteiger partial charge in [0, 0.05) is 11.5 Å². The van der Waals surface area contributed by atoms with Crippen molar-refractivity contribution in [3.05, 3.63) is 27.4 Å². The van der Waals surface area contributed by atoms with Crippen LogP contribution in [-0.4, -0.2) is 50.0 Å². The number of β-lactam (4-membered cyclic amide) rings is 1. The number of carbonyl (C=O) groups is 2. The zero-order valence-corrected chi connectivity index (χ0v) is 15.4. The molecule has 0 aliphatic carbocycles. The third kappa shape index (κ3) is 3.30. The van der Waals surface area contributed by atoms with Gasteiger partial charge in [-0.15, -0.1) is 34.9 Å². The molecule has 1 amide bonds. The van der Waals surface area contributed by atoms with Crippen LogP contribution in [0.1, 0.15) is 6.92 Å². The Morgan fingerprint density at radius 2 is 2.17 bits per heavy atom. The lowest BCUT2D eigenvalue weighted by atomic mass is 9.92. The van der Waals surface area contributed by atoms with Crippen molar-refractivity contribution < 1.29 is 19.8 Å². The molecule has 1 aromatic heterocycles. The summed E-state index contributed by atoms with van der Waals surface area (Å²) in [6.07, 6.45) is -0.759. The van der Waals surface area contributed by atoms with Gasteiger partial charge in [-0.3, -0.25) is 9.69 Å². The maximum Gasteiger partial charge on any atom is 0.354 e. The SMILES string of the molecule is CC(O)[C@H]1C(=O)N2C(C(=O)O)=C(SCCSc3cccs3)S[C@H]12. The second-order valence-electron chi connectivity index (χ2n) is 5.05. The first-order chi connectivity index (χ1) is 11.0. The number of amides is 1. The van der Waals surface area contributed by atoms with E-state index in [0.717, 1.165) is 11.5 Å². The molecule has 3 atom stereocenters. The van der Waals surface area contributed by atoms with E-state index in [1.54, 1.807) is 30.0 Å². The average molecular weight is 390 g/mol. The van der Waals surface area contributed by atoms with Gasteiger partial charge in [0.2, 0.25) is 5.91 Å². The topological polar surface area (TPSA) is 77.8 Å². The van der Waals surface area contributed by atoms with Crippen LogP contribution < -0.4 is 0 Å². The first-order valence-corrected chi connectivity index (χ1v) is 10.7. The van der Waals surface area contributed by atoms with Crippen LogP contribution in [0.25, 0.3) is 0 Å². The van der Waals surface area contributed by atoms with Crippen LogP contribution in [0, 0.1) is 5.92 Å². The number of rotatable bonds is 7. The van der Waals surface area contributed by atoms with Crippen LogP contribution in [0.2, 0.25) is 0 Å². The molecule has 2 N–H and O–H groups in total. The fourth-order valence-corrected chi connectivity index (χ4v) is 7.30. The van der Waals surface area contributed by atoms with Gasteiger partial charge in [0.1, 0.15) is 5.37 Å². The number of nitrogens with zero attached hydrogens (tertiary/aromatic N) is 1. The van der Waals surface area contributed by atoms with Crippen molar-refractivity contribution in [2.75, 3.05) is 11.5 Å². The lowest BCUT2D eigenvalue weighted by molar-refractivity contribution is -0.156. The number of carboxylic acid groups (broad SMARTS) is 1. The van der Waals surface area contributed by atoms with E-state index in [4.69, 9.17) is 0 Å². The fourth-order valence-electron chi connectivity index (χ4n) is 2.47. The summed E-state index contributed by atoms with van der Waals surface area (Å²) in [6.45, 7) is 1.57. The second kappa shape index (κ2) is 7.10. The van der Waals surface area contributed by atoms with E-state index in [1.165, 1.54) is 32.6 Å². The van der Waals surface area contributed by atoms with E-state index in [2.05, 4.69) is 6.07 Å². The molecule has 1 unspecified atom stereocenters. The molecule has 0 bridgehead atoms. The maximum atomic E-state index is 12.1. The van der Waals surface area contributed by atoms with Crippen molar-refractivity contribution in [3.63, 3.8) is 0 Å². The molecule has 0 saturated carbocycles. The normalized spacial score (nSPS) is 24.6. The van der Waals surface area contributed by atoms with E-state index in [1.807, 2.05) is 11.4 Å². The summed E-state index contributed by atoms with van der Waals surface area (Å²) in [4.78, 5) is 24.9. The summed E-state index contributed by atoms with van der Waals surface area (Å²) >= 11 is 6.29. The maximum absolute atomic E-state index is 12.1. The molecule has 9 heteroatoms. The number of carboxylic acids is 1. The van der Waals surface area contributed by atoms with Gasteiger partial charge in [0.05, 0.1) is 20.5 Å². The monoisotopic (exact) mass is 389 g/mol. The summed E-state index contributed by atoms with van der Waals surface area (Å²) in [5.74, 6) is -0.228. The molecule has 1 fully saturated rings. The Kier molecular flexibility index (Phi) is 5.32. The minimum Gasteiger partial charge on any atom is -0.477 e. The van der Waals surface area contributed by atoms with E-state index in [-0.39, 0.29) is 17.0 Å². The van der Waals surface area contributed by atoms with Crippen molar-refractivity contribution in [1.29, 1.82) is 0 Å². The van der Waals surface area contributed by atoms with Crippen molar-refractivity contribution >= 4 is 58.5 Å². The Balaban J connectivity index is 1.61. The van der Waals surface area contributed by atoms with Crippen LogP contribution in [0.4, 0.5) is 0 Å². The van der Waals surface area contributed by atoms with Gasteiger partial charge in [-0.2, -0.15) is 0 Å². The average Bonchev–Trinajstić information content (AvgIpc) is 3.09. The number of aliphatic carboxylic acids is 1. The first kappa shape index (κ1) is 17.2. The number of thioether (sulfide) groups is 3. The molecule has 3 heterocycles. The van der Waals surface area contributed by atoms with Crippen molar-refractivity contribution in [3.8, 4) is 0 Å². The molecule has 124 valence electrons. The zero-order chi connectivity index (χ0) is 16.6. The van der Waals surface area contributed by atoms with Gasteiger partial charge in [-0.1, -0.05) is 17.8 Å². The number of aliphatic hydroxyl groups is 1. The smallest absolute Gasteiger partial charge is 0.354 e. The molecule has 0 aromatic carbocycles. The molecule has 2 aliphatic rings. The molecular weight excluding hydrogens is 374 g/mol. The third-order valence-electron chi connectivity index (χ3n) is 3.52. The summed E-state index contributed by atoms with van der Waals surface area (Å²) in [7, 11) is 0. The predicted molar refractivity (Wildman–Crippen MR) is 95.6 cm³/mol. The van der Waals surface area contributed by atoms with Gasteiger partial charge in [-0.25, -0.2) is 4.79 Å². The number of fused-ring (bicyclic) bond motifs is 1. The second-order valence-corrected chi connectivity index (χ2v) is 9.89. The van der Waals surface area contributed by atoms with E-state index in [9.17, 15) is 19.8 Å². The van der Waals surface area contributed by atoms with Crippen LogP contribution >= 0.6 is 46.6 Å². The van der Waals surface area contributed by atoms with Crippen molar-refractivity contribution in [1.82, 2.24) is 4.90 Å². The minimum absolute atomic E-state index is 0.0769. The summed E-state index contributed by atoms with van der Waals surface area (Å²) in [5.41, 5.74) is 0.0769. The number of hydrogen-bond acceptors (Lipinski definition) is 7. The molecule has 1 saturated heterocycles. The summed E-state index contributed by atoms with van der Waals surface area (Å²) < 4.78 is 1.91. The largest absolute Gasteiger partial charge is 0.477 e. The Bertz CT molecular complexity index is 643. The van der Waals surface area contributed by atoms with Gasteiger partial charge in [-0.05, 0) is 18.4 Å². The van der Waals surface area contributed by atoms with Gasteiger partial charge in [0.15, 0.2) is 5.70 Å². The lowest BCUT2D eigenvalue weighted by Gasteiger charge is -2.43. The van der Waals surface area contributed by atoms with Crippen molar-refractivity contribution in [2.24, 2.45) is 5.92 Å².